The summed E-state index contributed by atoms with van der Waals surface area (Å²) in [5.41, 5.74) is 0.857. The van der Waals surface area contributed by atoms with E-state index < -0.39 is 24.3 Å². The average Bonchev–Trinajstić information content (AvgIpc) is 2.78. The predicted molar refractivity (Wildman–Crippen MR) is 98.8 cm³/mol. The Labute approximate surface area is 154 Å². The number of hydrogen-bond acceptors (Lipinski definition) is 5. The molecule has 1 aromatic rings. The molecule has 26 heavy (non-hydrogen) atoms. The van der Waals surface area contributed by atoms with Crippen molar-refractivity contribution in [2.24, 2.45) is 0 Å². The molecule has 1 heterocycles. The predicted octanol–water partition coefficient (Wildman–Crippen LogP) is 2.74. The molecule has 0 atom stereocenters. The molecular formula is C19H25BO6. The summed E-state index contributed by atoms with van der Waals surface area (Å²) in [5, 5.41) is 18.4. The monoisotopic (exact) mass is 360 g/mol. The first kappa shape index (κ1) is 20.4. The third-order valence-corrected chi connectivity index (χ3v) is 4.89. The molecule has 2 rings (SSSR count). The van der Waals surface area contributed by atoms with Gasteiger partial charge in [0.05, 0.1) is 24.2 Å². The van der Waals surface area contributed by atoms with E-state index in [2.05, 4.69) is 0 Å². The standard InChI is InChI=1S/C19H25BO6/c1-18(2)19(3,4)26-20(25-18)15(12-21)11-13-5-7-14(8-6-13)16(22)9-10-17(23)24/h5-8,11,21H,9-10,12H2,1-4H3,(H,23,24). The molecule has 1 aromatic carbocycles. The van der Waals surface area contributed by atoms with Crippen LogP contribution in [0.15, 0.2) is 29.7 Å². The van der Waals surface area contributed by atoms with Crippen LogP contribution in [0.1, 0.15) is 56.5 Å². The van der Waals surface area contributed by atoms with Crippen LogP contribution >= 0.6 is 0 Å². The Kier molecular flexibility index (Phi) is 6.06. The van der Waals surface area contributed by atoms with Gasteiger partial charge in [-0.15, -0.1) is 0 Å². The van der Waals surface area contributed by atoms with E-state index in [-0.39, 0.29) is 25.2 Å². The fraction of sp³-hybridized carbons (Fsp3) is 0.474. The second-order valence-corrected chi connectivity index (χ2v) is 7.40. The highest BCUT2D eigenvalue weighted by molar-refractivity contribution is 6.55. The molecule has 0 saturated carbocycles. The first-order valence-electron chi connectivity index (χ1n) is 8.58. The molecule has 6 nitrogen and oxygen atoms in total. The number of aliphatic carboxylic acids is 1. The van der Waals surface area contributed by atoms with Crippen LogP contribution in [0.3, 0.4) is 0 Å². The van der Waals surface area contributed by atoms with Gasteiger partial charge in [0.15, 0.2) is 5.78 Å². The number of benzene rings is 1. The largest absolute Gasteiger partial charge is 0.492 e. The smallest absolute Gasteiger partial charge is 0.481 e. The van der Waals surface area contributed by atoms with Crippen molar-refractivity contribution in [3.8, 4) is 0 Å². The summed E-state index contributed by atoms with van der Waals surface area (Å²) in [4.78, 5) is 22.5. The van der Waals surface area contributed by atoms with E-state index in [0.717, 1.165) is 5.56 Å². The van der Waals surface area contributed by atoms with Gasteiger partial charge < -0.3 is 19.5 Å². The number of carboxylic acid groups (broad SMARTS) is 1. The molecule has 140 valence electrons. The van der Waals surface area contributed by atoms with E-state index in [0.29, 0.717) is 11.0 Å². The van der Waals surface area contributed by atoms with Crippen LogP contribution in [0.2, 0.25) is 0 Å². The van der Waals surface area contributed by atoms with Gasteiger partial charge in [-0.25, -0.2) is 0 Å². The van der Waals surface area contributed by atoms with Gasteiger partial charge in [0.1, 0.15) is 0 Å². The van der Waals surface area contributed by atoms with Crippen molar-refractivity contribution in [1.29, 1.82) is 0 Å². The van der Waals surface area contributed by atoms with Gasteiger partial charge in [-0.05, 0) is 38.7 Å². The van der Waals surface area contributed by atoms with Crippen molar-refractivity contribution >= 4 is 24.9 Å². The number of aliphatic hydroxyl groups is 1. The lowest BCUT2D eigenvalue weighted by Gasteiger charge is -2.32. The Bertz CT molecular complexity index is 689. The van der Waals surface area contributed by atoms with E-state index in [1.165, 1.54) is 0 Å². The zero-order valence-electron chi connectivity index (χ0n) is 15.6. The molecule has 0 aliphatic carbocycles. The molecule has 0 spiro atoms. The highest BCUT2D eigenvalue weighted by atomic mass is 16.7. The van der Waals surface area contributed by atoms with Crippen molar-refractivity contribution in [3.63, 3.8) is 0 Å². The van der Waals surface area contributed by atoms with Crippen LogP contribution in [-0.2, 0) is 14.1 Å². The number of Topliss-reactive ketones (excluding diaryl/α,β-unsaturated/α-hetero) is 1. The number of carbonyl (C=O) groups is 2. The van der Waals surface area contributed by atoms with Gasteiger partial charge in [-0.3, -0.25) is 9.59 Å². The fourth-order valence-corrected chi connectivity index (χ4v) is 2.53. The molecular weight excluding hydrogens is 335 g/mol. The van der Waals surface area contributed by atoms with Crippen molar-refractivity contribution < 1.29 is 29.1 Å². The number of carboxylic acids is 1. The van der Waals surface area contributed by atoms with E-state index >= 15 is 0 Å². The first-order chi connectivity index (χ1) is 12.1. The molecule has 0 aromatic heterocycles. The summed E-state index contributed by atoms with van der Waals surface area (Å²) in [7, 11) is -0.637. The molecule has 0 amide bonds. The maximum atomic E-state index is 11.9. The number of aliphatic hydroxyl groups excluding tert-OH is 1. The first-order valence-corrected chi connectivity index (χ1v) is 8.58. The van der Waals surface area contributed by atoms with Crippen LogP contribution in [0.25, 0.3) is 6.08 Å². The zero-order chi connectivity index (χ0) is 19.5. The number of ketones is 1. The highest BCUT2D eigenvalue weighted by Crippen LogP contribution is 2.38. The third-order valence-electron chi connectivity index (χ3n) is 4.89. The van der Waals surface area contributed by atoms with Gasteiger partial charge in [0, 0.05) is 12.0 Å². The van der Waals surface area contributed by atoms with Gasteiger partial charge in [0.2, 0.25) is 0 Å². The molecule has 0 bridgehead atoms. The number of carbonyl (C=O) groups excluding carboxylic acids is 1. The summed E-state index contributed by atoms with van der Waals surface area (Å²) in [6.45, 7) is 7.56. The van der Waals surface area contributed by atoms with Crippen LogP contribution in [0.5, 0.6) is 0 Å². The second-order valence-electron chi connectivity index (χ2n) is 7.40. The Morgan fingerprint density at radius 3 is 2.04 bits per heavy atom. The number of hydrogen-bond donors (Lipinski definition) is 2. The van der Waals surface area contributed by atoms with Crippen molar-refractivity contribution in [2.45, 2.75) is 51.7 Å². The average molecular weight is 360 g/mol. The van der Waals surface area contributed by atoms with Crippen molar-refractivity contribution in [2.75, 3.05) is 6.61 Å². The van der Waals surface area contributed by atoms with Crippen LogP contribution in [0, 0.1) is 0 Å². The van der Waals surface area contributed by atoms with Gasteiger partial charge in [-0.1, -0.05) is 30.3 Å². The molecule has 2 N–H and O–H groups in total. The van der Waals surface area contributed by atoms with E-state index in [1.54, 1.807) is 30.3 Å². The van der Waals surface area contributed by atoms with E-state index in [1.807, 2.05) is 27.7 Å². The van der Waals surface area contributed by atoms with Gasteiger partial charge in [0.25, 0.3) is 0 Å². The van der Waals surface area contributed by atoms with Crippen LogP contribution in [-0.4, -0.2) is 46.9 Å². The van der Waals surface area contributed by atoms with Crippen LogP contribution in [0.4, 0.5) is 0 Å². The maximum absolute atomic E-state index is 11.9. The maximum Gasteiger partial charge on any atom is 0.492 e. The molecule has 1 aliphatic heterocycles. The zero-order valence-corrected chi connectivity index (χ0v) is 15.6. The summed E-state index contributed by atoms with van der Waals surface area (Å²) in [5.74, 6) is -1.20. The third kappa shape index (κ3) is 4.61. The minimum Gasteiger partial charge on any atom is -0.481 e. The molecule has 0 radical (unpaired) electrons. The van der Waals surface area contributed by atoms with Crippen molar-refractivity contribution in [3.05, 3.63) is 40.9 Å². The van der Waals surface area contributed by atoms with Crippen molar-refractivity contribution in [1.82, 2.24) is 0 Å². The SMILES string of the molecule is CC1(C)OB(C(=Cc2ccc(C(=O)CCC(=O)O)cc2)CO)OC1(C)C. The van der Waals surface area contributed by atoms with E-state index in [4.69, 9.17) is 14.4 Å². The second kappa shape index (κ2) is 7.74. The Morgan fingerprint density at radius 1 is 1.04 bits per heavy atom. The molecule has 1 aliphatic rings. The van der Waals surface area contributed by atoms with Gasteiger partial charge >= 0.3 is 13.1 Å². The summed E-state index contributed by atoms with van der Waals surface area (Å²) in [6.07, 6.45) is 1.56. The lowest BCUT2D eigenvalue weighted by molar-refractivity contribution is -0.136. The van der Waals surface area contributed by atoms with Crippen LogP contribution < -0.4 is 0 Å². The fourth-order valence-electron chi connectivity index (χ4n) is 2.53. The lowest BCUT2D eigenvalue weighted by Crippen LogP contribution is -2.41. The van der Waals surface area contributed by atoms with E-state index in [9.17, 15) is 14.7 Å². The quantitative estimate of drug-likeness (QED) is 0.574. The Hall–Kier alpha value is -1.96. The Balaban J connectivity index is 2.12. The molecule has 1 saturated heterocycles. The lowest BCUT2D eigenvalue weighted by atomic mass is 9.77. The molecule has 0 unspecified atom stereocenters. The van der Waals surface area contributed by atoms with Gasteiger partial charge in [-0.2, -0.15) is 0 Å². The summed E-state index contributed by atoms with van der Waals surface area (Å²) < 4.78 is 11.9. The highest BCUT2D eigenvalue weighted by Gasteiger charge is 2.52. The minimum absolute atomic E-state index is 0.0275. The minimum atomic E-state index is -0.993. The normalized spacial score (nSPS) is 18.8. The Morgan fingerprint density at radius 2 is 1.58 bits per heavy atom. The topological polar surface area (TPSA) is 93.1 Å². The molecule has 7 heteroatoms. The number of rotatable bonds is 7. The summed E-state index contributed by atoms with van der Waals surface area (Å²) in [6, 6.07) is 6.79. The summed E-state index contributed by atoms with van der Waals surface area (Å²) >= 11 is 0. The molecule has 1 fully saturated rings.